The Balaban J connectivity index is 1.65. The number of carboxylic acid groups (broad SMARTS) is 1. The van der Waals surface area contributed by atoms with Crippen LogP contribution in [0.2, 0.25) is 0 Å². The Morgan fingerprint density at radius 2 is 1.67 bits per heavy atom. The maximum absolute atomic E-state index is 15.6. The SMILES string of the molecule is CC(C)Cn1cc(Cc2cccc(OC(C)(C)C(=O)O)c2)c2cc(F)c(C(=O)N[C@@H](C)c3cccc(C(C)(C)C)c3)cc21. The summed E-state index contributed by atoms with van der Waals surface area (Å²) in [5.74, 6) is -1.32. The van der Waals surface area contributed by atoms with Crippen molar-refractivity contribution in [3.63, 3.8) is 0 Å². The summed E-state index contributed by atoms with van der Waals surface area (Å²) in [5, 5.41) is 13.2. The minimum absolute atomic E-state index is 0.00674. The van der Waals surface area contributed by atoms with Gasteiger partial charge in [0.15, 0.2) is 5.60 Å². The number of ether oxygens (including phenoxy) is 1. The number of fused-ring (bicyclic) bond motifs is 1. The van der Waals surface area contributed by atoms with E-state index >= 15 is 4.39 Å². The van der Waals surface area contributed by atoms with E-state index in [0.717, 1.165) is 27.6 Å². The van der Waals surface area contributed by atoms with E-state index in [4.69, 9.17) is 4.74 Å². The summed E-state index contributed by atoms with van der Waals surface area (Å²) in [4.78, 5) is 24.9. The summed E-state index contributed by atoms with van der Waals surface area (Å²) in [6.07, 6.45) is 2.50. The third kappa shape index (κ3) is 7.45. The van der Waals surface area contributed by atoms with Crippen LogP contribution >= 0.6 is 0 Å². The van der Waals surface area contributed by atoms with Crippen molar-refractivity contribution >= 4 is 22.8 Å². The van der Waals surface area contributed by atoms with E-state index in [1.54, 1.807) is 12.1 Å². The number of carbonyl (C=O) groups excluding carboxylic acids is 1. The van der Waals surface area contributed by atoms with Crippen molar-refractivity contribution in [1.29, 1.82) is 0 Å². The highest BCUT2D eigenvalue weighted by Gasteiger charge is 2.29. The van der Waals surface area contributed by atoms with Gasteiger partial charge in [-0.3, -0.25) is 4.79 Å². The molecule has 4 aromatic rings. The van der Waals surface area contributed by atoms with Crippen LogP contribution in [-0.4, -0.2) is 27.2 Å². The van der Waals surface area contributed by atoms with Crippen LogP contribution in [0.4, 0.5) is 4.39 Å². The van der Waals surface area contributed by atoms with Crippen molar-refractivity contribution in [2.45, 2.75) is 85.4 Å². The van der Waals surface area contributed by atoms with Gasteiger partial charge in [0.1, 0.15) is 11.6 Å². The highest BCUT2D eigenvalue weighted by Crippen LogP contribution is 2.30. The topological polar surface area (TPSA) is 80.6 Å². The monoisotopic (exact) mass is 586 g/mol. The molecule has 4 rings (SSSR count). The van der Waals surface area contributed by atoms with Gasteiger partial charge in [-0.05, 0) is 85.0 Å². The Labute approximate surface area is 253 Å². The van der Waals surface area contributed by atoms with Crippen molar-refractivity contribution in [3.05, 3.63) is 100 Å². The van der Waals surface area contributed by atoms with Crippen LogP contribution in [0, 0.1) is 11.7 Å². The highest BCUT2D eigenvalue weighted by molar-refractivity contribution is 5.99. The predicted molar refractivity (Wildman–Crippen MR) is 169 cm³/mol. The lowest BCUT2D eigenvalue weighted by Crippen LogP contribution is -2.37. The molecule has 1 aromatic heterocycles. The second-order valence-corrected chi connectivity index (χ2v) is 13.4. The summed E-state index contributed by atoms with van der Waals surface area (Å²) < 4.78 is 23.4. The number of aliphatic carboxylic acids is 1. The average Bonchev–Trinajstić information content (AvgIpc) is 3.22. The fourth-order valence-electron chi connectivity index (χ4n) is 5.15. The molecule has 43 heavy (non-hydrogen) atoms. The van der Waals surface area contributed by atoms with Crippen molar-refractivity contribution in [1.82, 2.24) is 9.88 Å². The van der Waals surface area contributed by atoms with Gasteiger partial charge in [0.05, 0.1) is 11.6 Å². The molecule has 0 spiro atoms. The Morgan fingerprint density at radius 1 is 0.977 bits per heavy atom. The van der Waals surface area contributed by atoms with Crippen LogP contribution in [0.15, 0.2) is 66.9 Å². The normalized spacial score (nSPS) is 12.9. The minimum Gasteiger partial charge on any atom is -0.478 e. The molecule has 0 unspecified atom stereocenters. The fraction of sp³-hybridized carbons (Fsp3) is 0.389. The largest absolute Gasteiger partial charge is 0.478 e. The number of hydrogen-bond acceptors (Lipinski definition) is 3. The Hall–Kier alpha value is -4.13. The third-order valence-electron chi connectivity index (χ3n) is 7.64. The number of hydrogen-bond donors (Lipinski definition) is 2. The van der Waals surface area contributed by atoms with Crippen molar-refractivity contribution in [3.8, 4) is 5.75 Å². The van der Waals surface area contributed by atoms with Gasteiger partial charge >= 0.3 is 5.97 Å². The number of carboxylic acids is 1. The third-order valence-corrected chi connectivity index (χ3v) is 7.64. The van der Waals surface area contributed by atoms with Gasteiger partial charge in [-0.25, -0.2) is 9.18 Å². The maximum Gasteiger partial charge on any atom is 0.347 e. The molecule has 1 atom stereocenters. The molecule has 1 heterocycles. The van der Waals surface area contributed by atoms with Crippen molar-refractivity contribution in [2.75, 3.05) is 0 Å². The highest BCUT2D eigenvalue weighted by atomic mass is 19.1. The smallest absolute Gasteiger partial charge is 0.347 e. The summed E-state index contributed by atoms with van der Waals surface area (Å²) in [6, 6.07) is 18.2. The summed E-state index contributed by atoms with van der Waals surface area (Å²) in [5.41, 5.74) is 3.33. The molecule has 0 aliphatic heterocycles. The van der Waals surface area contributed by atoms with E-state index in [0.29, 0.717) is 24.6 Å². The second-order valence-electron chi connectivity index (χ2n) is 13.4. The number of aromatic nitrogens is 1. The molecule has 6 nitrogen and oxygen atoms in total. The Morgan fingerprint density at radius 3 is 2.33 bits per heavy atom. The summed E-state index contributed by atoms with van der Waals surface area (Å²) in [7, 11) is 0. The van der Waals surface area contributed by atoms with Gasteiger partial charge in [0.2, 0.25) is 0 Å². The lowest BCUT2D eigenvalue weighted by molar-refractivity contribution is -0.152. The molecule has 0 aliphatic carbocycles. The first-order chi connectivity index (χ1) is 20.0. The number of carbonyl (C=O) groups is 2. The van der Waals surface area contributed by atoms with E-state index in [9.17, 15) is 14.7 Å². The number of rotatable bonds is 10. The quantitative estimate of drug-likeness (QED) is 0.197. The molecule has 0 fully saturated rings. The zero-order valence-corrected chi connectivity index (χ0v) is 26.4. The molecular weight excluding hydrogens is 543 g/mol. The standard InChI is InChI=1S/C36H43FN2O4/c1-22(2)20-39-21-26(15-24-11-9-14-28(16-24)43-36(7,8)34(41)42)29-18-31(37)30(19-32(29)39)33(40)38-23(3)25-12-10-13-27(17-25)35(4,5)6/h9-14,16-19,21-23H,15,20H2,1-8H3,(H,38,40)(H,41,42)/t23-/m0/s1. The first-order valence-corrected chi connectivity index (χ1v) is 14.8. The summed E-state index contributed by atoms with van der Waals surface area (Å²) in [6.45, 7) is 16.3. The average molecular weight is 587 g/mol. The molecule has 0 radical (unpaired) electrons. The molecule has 0 saturated carbocycles. The van der Waals surface area contributed by atoms with E-state index < -0.39 is 23.3 Å². The molecule has 7 heteroatoms. The number of amides is 1. The van der Waals surface area contributed by atoms with E-state index in [1.165, 1.54) is 25.5 Å². The Bertz CT molecular complexity index is 1650. The molecule has 0 saturated heterocycles. The van der Waals surface area contributed by atoms with Crippen LogP contribution < -0.4 is 10.1 Å². The molecule has 2 N–H and O–H groups in total. The number of benzene rings is 3. The second kappa shape index (κ2) is 12.2. The summed E-state index contributed by atoms with van der Waals surface area (Å²) >= 11 is 0. The lowest BCUT2D eigenvalue weighted by atomic mass is 9.85. The van der Waals surface area contributed by atoms with E-state index in [-0.39, 0.29) is 17.0 Å². The van der Waals surface area contributed by atoms with Crippen LogP contribution in [0.25, 0.3) is 10.9 Å². The first-order valence-electron chi connectivity index (χ1n) is 14.8. The van der Waals surface area contributed by atoms with Crippen LogP contribution in [0.3, 0.4) is 0 Å². The lowest BCUT2D eigenvalue weighted by Gasteiger charge is -2.22. The molecule has 1 amide bonds. The number of nitrogens with one attached hydrogen (secondary N) is 1. The molecular formula is C36H43FN2O4. The number of nitrogens with zero attached hydrogens (tertiary/aromatic N) is 1. The molecule has 3 aromatic carbocycles. The molecule has 0 bridgehead atoms. The van der Waals surface area contributed by atoms with Gasteiger partial charge in [0, 0.05) is 23.6 Å². The van der Waals surface area contributed by atoms with Gasteiger partial charge in [-0.1, -0.05) is 71.0 Å². The van der Waals surface area contributed by atoms with Crippen LogP contribution in [0.1, 0.15) is 94.0 Å². The van der Waals surface area contributed by atoms with Crippen molar-refractivity contribution < 1.29 is 23.8 Å². The first kappa shape index (κ1) is 31.8. The van der Waals surface area contributed by atoms with Gasteiger partial charge in [0.25, 0.3) is 5.91 Å². The minimum atomic E-state index is -1.38. The van der Waals surface area contributed by atoms with Gasteiger partial charge in [-0.2, -0.15) is 0 Å². The van der Waals surface area contributed by atoms with E-state index in [2.05, 4.69) is 56.6 Å². The molecule has 0 aliphatic rings. The fourth-order valence-corrected chi connectivity index (χ4v) is 5.15. The van der Waals surface area contributed by atoms with Gasteiger partial charge < -0.3 is 19.7 Å². The van der Waals surface area contributed by atoms with Crippen LogP contribution in [0.5, 0.6) is 5.75 Å². The predicted octanol–water partition coefficient (Wildman–Crippen LogP) is 8.06. The Kier molecular flexibility index (Phi) is 9.05. The van der Waals surface area contributed by atoms with E-state index in [1.807, 2.05) is 43.5 Å². The molecule has 228 valence electrons. The maximum atomic E-state index is 15.6. The zero-order valence-electron chi connectivity index (χ0n) is 26.4. The zero-order chi connectivity index (χ0) is 31.7. The van der Waals surface area contributed by atoms with Crippen LogP contribution in [-0.2, 0) is 23.2 Å². The number of halogens is 1. The van der Waals surface area contributed by atoms with Crippen molar-refractivity contribution in [2.24, 2.45) is 5.92 Å². The van der Waals surface area contributed by atoms with Gasteiger partial charge in [-0.15, -0.1) is 0 Å².